The second-order valence-corrected chi connectivity index (χ2v) is 2.74. The van der Waals surface area contributed by atoms with Crippen LogP contribution in [0.25, 0.3) is 0 Å². The molecule has 0 fully saturated rings. The van der Waals surface area contributed by atoms with Crippen LogP contribution in [0.2, 0.25) is 0 Å². The first-order chi connectivity index (χ1) is 7.04. The van der Waals surface area contributed by atoms with Gasteiger partial charge in [0.2, 0.25) is 6.23 Å². The Kier molecular flexibility index (Phi) is 3.90. The summed E-state index contributed by atoms with van der Waals surface area (Å²) in [4.78, 5) is 3.72. The number of nitrogens with one attached hydrogen (secondary N) is 1. The van der Waals surface area contributed by atoms with Crippen LogP contribution in [0.1, 0.15) is 6.92 Å². The minimum atomic E-state index is -4.45. The van der Waals surface area contributed by atoms with Gasteiger partial charge in [-0.05, 0) is 19.1 Å². The number of aromatic nitrogens is 1. The summed E-state index contributed by atoms with van der Waals surface area (Å²) in [6, 6.07) is 4.65. The zero-order valence-electron chi connectivity index (χ0n) is 8.08. The van der Waals surface area contributed by atoms with Crippen LogP contribution in [0.15, 0.2) is 24.4 Å². The van der Waals surface area contributed by atoms with E-state index in [4.69, 9.17) is 0 Å². The number of pyridine rings is 1. The van der Waals surface area contributed by atoms with Crippen molar-refractivity contribution in [3.8, 4) is 0 Å². The number of hydrogen-bond acceptors (Lipinski definition) is 3. The van der Waals surface area contributed by atoms with Gasteiger partial charge < -0.3 is 10.1 Å². The number of rotatable bonds is 4. The van der Waals surface area contributed by atoms with Crippen molar-refractivity contribution in [1.82, 2.24) is 4.98 Å². The molecule has 1 aromatic heterocycles. The molecule has 1 aromatic rings. The predicted octanol–water partition coefficient (Wildman–Crippen LogP) is 2.42. The lowest BCUT2D eigenvalue weighted by molar-refractivity contribution is -0.209. The van der Waals surface area contributed by atoms with Gasteiger partial charge in [-0.25, -0.2) is 4.98 Å². The second-order valence-electron chi connectivity index (χ2n) is 2.74. The maximum atomic E-state index is 12.4. The standard InChI is InChI=1S/C9H11F3N2O/c1-2-15-8(9(10,11)12)14-7-5-3-4-6-13-7/h3-6,8H,2H2,1H3,(H,13,14)/t8-/m0/s1. The van der Waals surface area contributed by atoms with Crippen LogP contribution in [0, 0.1) is 0 Å². The first-order valence-corrected chi connectivity index (χ1v) is 4.40. The van der Waals surface area contributed by atoms with E-state index in [1.54, 1.807) is 12.1 Å². The van der Waals surface area contributed by atoms with E-state index < -0.39 is 12.4 Å². The fourth-order valence-electron chi connectivity index (χ4n) is 0.967. The molecule has 6 heteroatoms. The third-order valence-corrected chi connectivity index (χ3v) is 1.57. The normalized spacial score (nSPS) is 13.6. The maximum absolute atomic E-state index is 12.4. The van der Waals surface area contributed by atoms with E-state index in [0.29, 0.717) is 0 Å². The lowest BCUT2D eigenvalue weighted by atomic mass is 10.4. The van der Waals surface area contributed by atoms with E-state index in [2.05, 4.69) is 15.0 Å². The Balaban J connectivity index is 2.67. The lowest BCUT2D eigenvalue weighted by Crippen LogP contribution is -2.38. The van der Waals surface area contributed by atoms with Crippen molar-refractivity contribution in [2.24, 2.45) is 0 Å². The smallest absolute Gasteiger partial charge is 0.350 e. The first-order valence-electron chi connectivity index (χ1n) is 4.40. The number of hydrogen-bond donors (Lipinski definition) is 1. The van der Waals surface area contributed by atoms with Gasteiger partial charge in [0.1, 0.15) is 5.82 Å². The van der Waals surface area contributed by atoms with Gasteiger partial charge in [-0.3, -0.25) is 0 Å². The van der Waals surface area contributed by atoms with Crippen LogP contribution < -0.4 is 5.32 Å². The molecule has 0 bridgehead atoms. The Hall–Kier alpha value is -1.30. The Bertz CT molecular complexity index is 289. The lowest BCUT2D eigenvalue weighted by Gasteiger charge is -2.21. The average Bonchev–Trinajstić information content (AvgIpc) is 2.17. The first kappa shape index (κ1) is 11.8. The van der Waals surface area contributed by atoms with E-state index in [0.717, 1.165) is 0 Å². The van der Waals surface area contributed by atoms with Gasteiger partial charge in [0, 0.05) is 12.8 Å². The van der Waals surface area contributed by atoms with Gasteiger partial charge in [0.15, 0.2) is 0 Å². The molecule has 1 heterocycles. The summed E-state index contributed by atoms with van der Waals surface area (Å²) in [5.41, 5.74) is 0. The summed E-state index contributed by atoms with van der Waals surface area (Å²) in [5.74, 6) is 0.133. The van der Waals surface area contributed by atoms with Crippen molar-refractivity contribution in [2.45, 2.75) is 19.3 Å². The monoisotopic (exact) mass is 220 g/mol. The third kappa shape index (κ3) is 3.75. The molecule has 0 amide bonds. The molecular weight excluding hydrogens is 209 g/mol. The van der Waals surface area contributed by atoms with Crippen LogP contribution in [-0.4, -0.2) is 24.0 Å². The van der Waals surface area contributed by atoms with Gasteiger partial charge in [-0.1, -0.05) is 6.07 Å². The minimum Gasteiger partial charge on any atom is -0.350 e. The van der Waals surface area contributed by atoms with Crippen LogP contribution in [-0.2, 0) is 4.74 Å². The van der Waals surface area contributed by atoms with Gasteiger partial charge in [0.25, 0.3) is 0 Å². The van der Waals surface area contributed by atoms with E-state index in [1.807, 2.05) is 0 Å². The topological polar surface area (TPSA) is 34.1 Å². The molecule has 1 N–H and O–H groups in total. The molecular formula is C9H11F3N2O. The quantitative estimate of drug-likeness (QED) is 0.791. The molecule has 0 saturated heterocycles. The zero-order valence-corrected chi connectivity index (χ0v) is 8.08. The van der Waals surface area contributed by atoms with E-state index in [-0.39, 0.29) is 12.4 Å². The van der Waals surface area contributed by atoms with Crippen LogP contribution in [0.3, 0.4) is 0 Å². The van der Waals surface area contributed by atoms with Gasteiger partial charge in [0.05, 0.1) is 0 Å². The fraction of sp³-hybridized carbons (Fsp3) is 0.444. The minimum absolute atomic E-state index is 0.0238. The number of anilines is 1. The summed E-state index contributed by atoms with van der Waals surface area (Å²) in [5, 5.41) is 2.16. The molecule has 0 radical (unpaired) electrons. The molecule has 84 valence electrons. The fourth-order valence-corrected chi connectivity index (χ4v) is 0.967. The summed E-state index contributed by atoms with van der Waals surface area (Å²) in [6.07, 6.45) is -5.06. The highest BCUT2D eigenvalue weighted by Crippen LogP contribution is 2.23. The Morgan fingerprint density at radius 1 is 1.47 bits per heavy atom. The Morgan fingerprint density at radius 2 is 2.20 bits per heavy atom. The van der Waals surface area contributed by atoms with Gasteiger partial charge in [-0.2, -0.15) is 13.2 Å². The molecule has 0 spiro atoms. The molecule has 0 saturated carbocycles. The summed E-state index contributed by atoms with van der Waals surface area (Å²) in [6.45, 7) is 1.48. The second kappa shape index (κ2) is 4.97. The molecule has 1 atom stereocenters. The molecule has 0 aliphatic carbocycles. The summed E-state index contributed by atoms with van der Waals surface area (Å²) in [7, 11) is 0. The molecule has 0 unspecified atom stereocenters. The van der Waals surface area contributed by atoms with Crippen LogP contribution in [0.4, 0.5) is 19.0 Å². The van der Waals surface area contributed by atoms with Crippen LogP contribution in [0.5, 0.6) is 0 Å². The SMILES string of the molecule is CCO[C@H](Nc1ccccn1)C(F)(F)F. The molecule has 0 aliphatic rings. The summed E-state index contributed by atoms with van der Waals surface area (Å²) < 4.78 is 41.7. The highest BCUT2D eigenvalue weighted by Gasteiger charge is 2.40. The predicted molar refractivity (Wildman–Crippen MR) is 49.3 cm³/mol. The Morgan fingerprint density at radius 3 is 2.67 bits per heavy atom. The number of nitrogens with zero attached hydrogens (tertiary/aromatic N) is 1. The molecule has 15 heavy (non-hydrogen) atoms. The molecule has 1 rings (SSSR count). The van der Waals surface area contributed by atoms with Crippen LogP contribution >= 0.6 is 0 Å². The van der Waals surface area contributed by atoms with Crippen molar-refractivity contribution in [3.63, 3.8) is 0 Å². The van der Waals surface area contributed by atoms with Crippen molar-refractivity contribution < 1.29 is 17.9 Å². The van der Waals surface area contributed by atoms with Crippen molar-refractivity contribution in [3.05, 3.63) is 24.4 Å². The average molecular weight is 220 g/mol. The molecule has 3 nitrogen and oxygen atoms in total. The molecule has 0 aromatic carbocycles. The van der Waals surface area contributed by atoms with Gasteiger partial charge >= 0.3 is 6.18 Å². The third-order valence-electron chi connectivity index (χ3n) is 1.57. The van der Waals surface area contributed by atoms with Crippen molar-refractivity contribution >= 4 is 5.82 Å². The van der Waals surface area contributed by atoms with Crippen molar-refractivity contribution in [1.29, 1.82) is 0 Å². The Labute approximate surface area is 85.3 Å². The van der Waals surface area contributed by atoms with E-state index in [1.165, 1.54) is 19.2 Å². The van der Waals surface area contributed by atoms with E-state index >= 15 is 0 Å². The maximum Gasteiger partial charge on any atom is 0.433 e. The number of ether oxygens (including phenoxy) is 1. The highest BCUT2D eigenvalue weighted by molar-refractivity contribution is 5.34. The number of alkyl halides is 3. The highest BCUT2D eigenvalue weighted by atomic mass is 19.4. The number of halogens is 3. The van der Waals surface area contributed by atoms with Gasteiger partial charge in [-0.15, -0.1) is 0 Å². The summed E-state index contributed by atoms with van der Waals surface area (Å²) >= 11 is 0. The zero-order chi connectivity index (χ0) is 11.3. The molecule has 0 aliphatic heterocycles. The largest absolute Gasteiger partial charge is 0.433 e. The van der Waals surface area contributed by atoms with E-state index in [9.17, 15) is 13.2 Å². The van der Waals surface area contributed by atoms with Crippen molar-refractivity contribution in [2.75, 3.05) is 11.9 Å².